The van der Waals surface area contributed by atoms with Crippen molar-refractivity contribution < 1.29 is 14.3 Å². The van der Waals surface area contributed by atoms with Crippen molar-refractivity contribution in [3.63, 3.8) is 0 Å². The lowest BCUT2D eigenvalue weighted by Gasteiger charge is -2.08. The molecule has 98 valence electrons. The molecular formula is C7H5Cl3N3O4P. The van der Waals surface area contributed by atoms with Crippen LogP contribution in [-0.4, -0.2) is 11.0 Å². The molecule has 0 aliphatic heterocycles. The Hall–Kier alpha value is -1.01. The van der Waals surface area contributed by atoms with Crippen molar-refractivity contribution in [1.82, 2.24) is 5.09 Å². The van der Waals surface area contributed by atoms with Gasteiger partial charge in [-0.2, -0.15) is 0 Å². The topological polar surface area (TPSA) is 101 Å². The molecule has 0 heterocycles. The predicted molar refractivity (Wildman–Crippen MR) is 69.6 cm³/mol. The Balaban J connectivity index is 2.94. The summed E-state index contributed by atoms with van der Waals surface area (Å²) in [6, 6.07) is 2.57. The fourth-order valence-electron chi connectivity index (χ4n) is 1.03. The van der Waals surface area contributed by atoms with Crippen LogP contribution in [0.5, 0.6) is 0 Å². The third kappa shape index (κ3) is 4.70. The number of anilines is 1. The standard InChI is InChI=1S/C7H5Cl3N3O4P/c8-4-1-2-5(6(3-4)13(15)16)11-7(14)12-18(9,10)17/h1-3H,(H2,11,12,14,17). The molecule has 0 spiro atoms. The van der Waals surface area contributed by atoms with Crippen LogP contribution in [0.15, 0.2) is 18.2 Å². The minimum absolute atomic E-state index is 0.132. The van der Waals surface area contributed by atoms with Gasteiger partial charge in [-0.15, -0.1) is 0 Å². The van der Waals surface area contributed by atoms with Crippen molar-refractivity contribution in [2.24, 2.45) is 0 Å². The van der Waals surface area contributed by atoms with Gasteiger partial charge in [-0.3, -0.25) is 19.8 Å². The molecule has 0 aliphatic carbocycles. The van der Waals surface area contributed by atoms with E-state index < -0.39 is 22.6 Å². The largest absolute Gasteiger partial charge is 0.346 e. The van der Waals surface area contributed by atoms with Gasteiger partial charge in [-0.25, -0.2) is 4.79 Å². The molecule has 7 nitrogen and oxygen atoms in total. The minimum Gasteiger partial charge on any atom is -0.302 e. The van der Waals surface area contributed by atoms with Crippen molar-refractivity contribution in [2.45, 2.75) is 0 Å². The average molecular weight is 332 g/mol. The lowest BCUT2D eigenvalue weighted by molar-refractivity contribution is -0.383. The molecule has 2 N–H and O–H groups in total. The molecule has 0 saturated heterocycles. The third-order valence-corrected chi connectivity index (χ3v) is 2.84. The Bertz CT molecular complexity index is 547. The van der Waals surface area contributed by atoms with E-state index in [2.05, 4.69) is 5.32 Å². The summed E-state index contributed by atoms with van der Waals surface area (Å²) in [6.45, 7) is 0. The number of hydrogen-bond acceptors (Lipinski definition) is 4. The van der Waals surface area contributed by atoms with Crippen LogP contribution < -0.4 is 10.4 Å². The quantitative estimate of drug-likeness (QED) is 0.497. The van der Waals surface area contributed by atoms with Crippen molar-refractivity contribution >= 4 is 57.5 Å². The zero-order valence-electron chi connectivity index (χ0n) is 8.39. The summed E-state index contributed by atoms with van der Waals surface area (Å²) < 4.78 is 10.9. The van der Waals surface area contributed by atoms with Gasteiger partial charge in [0.1, 0.15) is 5.69 Å². The van der Waals surface area contributed by atoms with E-state index in [9.17, 15) is 19.5 Å². The van der Waals surface area contributed by atoms with E-state index in [1.165, 1.54) is 12.1 Å². The molecule has 18 heavy (non-hydrogen) atoms. The molecule has 1 aromatic rings. The van der Waals surface area contributed by atoms with Crippen LogP contribution in [0.2, 0.25) is 5.02 Å². The second kappa shape index (κ2) is 5.75. The van der Waals surface area contributed by atoms with Gasteiger partial charge in [-0.05, 0) is 34.6 Å². The van der Waals surface area contributed by atoms with Crippen molar-refractivity contribution in [1.29, 1.82) is 0 Å². The zero-order chi connectivity index (χ0) is 13.9. The van der Waals surface area contributed by atoms with Gasteiger partial charge in [0.25, 0.3) is 5.69 Å². The van der Waals surface area contributed by atoms with E-state index in [4.69, 9.17) is 34.1 Å². The van der Waals surface area contributed by atoms with E-state index in [-0.39, 0.29) is 10.7 Å². The number of carbonyl (C=O) groups is 1. The molecule has 0 saturated carbocycles. The van der Waals surface area contributed by atoms with Crippen LogP contribution in [0.25, 0.3) is 0 Å². The van der Waals surface area contributed by atoms with E-state index in [0.717, 1.165) is 6.07 Å². The van der Waals surface area contributed by atoms with Crippen LogP contribution in [-0.2, 0) is 4.57 Å². The molecule has 11 heteroatoms. The summed E-state index contributed by atoms with van der Waals surface area (Å²) in [5.41, 5.74) is -0.555. The lowest BCUT2D eigenvalue weighted by atomic mass is 10.2. The summed E-state index contributed by atoms with van der Waals surface area (Å²) in [5.74, 6) is -3.82. The number of nitrogens with zero attached hydrogens (tertiary/aromatic N) is 1. The van der Waals surface area contributed by atoms with Gasteiger partial charge >= 0.3 is 12.0 Å². The number of nitrogens with one attached hydrogen (secondary N) is 2. The summed E-state index contributed by atoms with van der Waals surface area (Å²) in [7, 11) is 0. The number of nitro benzene ring substituents is 1. The van der Waals surface area contributed by atoms with Crippen LogP contribution in [0.3, 0.4) is 0 Å². The number of carbonyl (C=O) groups excluding carboxylic acids is 1. The van der Waals surface area contributed by atoms with Gasteiger partial charge < -0.3 is 5.32 Å². The number of benzene rings is 1. The molecular weight excluding hydrogens is 327 g/mol. The fourth-order valence-corrected chi connectivity index (χ4v) is 1.95. The number of halogens is 3. The first-order chi connectivity index (χ1) is 8.19. The van der Waals surface area contributed by atoms with Crippen LogP contribution in [0.1, 0.15) is 0 Å². The number of hydrogen-bond donors (Lipinski definition) is 2. The first-order valence-corrected chi connectivity index (χ1v) is 8.11. The molecule has 1 aromatic carbocycles. The van der Waals surface area contributed by atoms with Gasteiger partial charge in [0, 0.05) is 11.1 Å². The second-order valence-corrected chi connectivity index (χ2v) is 7.91. The molecule has 0 fully saturated rings. The lowest BCUT2D eigenvalue weighted by Crippen LogP contribution is -2.23. The van der Waals surface area contributed by atoms with E-state index >= 15 is 0 Å². The van der Waals surface area contributed by atoms with E-state index in [1.54, 1.807) is 5.09 Å². The summed E-state index contributed by atoms with van der Waals surface area (Å²) in [5, 5.41) is 14.7. The number of nitro groups is 1. The zero-order valence-corrected chi connectivity index (χ0v) is 11.6. The number of amides is 2. The van der Waals surface area contributed by atoms with Crippen LogP contribution in [0.4, 0.5) is 16.2 Å². The highest BCUT2D eigenvalue weighted by Crippen LogP contribution is 2.52. The smallest absolute Gasteiger partial charge is 0.302 e. The summed E-state index contributed by atoms with van der Waals surface area (Å²) >= 11 is 15.8. The molecule has 0 unspecified atom stereocenters. The van der Waals surface area contributed by atoms with E-state index in [1.807, 2.05) is 0 Å². The normalized spacial score (nSPS) is 10.8. The highest BCUT2D eigenvalue weighted by atomic mass is 35.9. The van der Waals surface area contributed by atoms with E-state index in [0.29, 0.717) is 0 Å². The average Bonchev–Trinajstić information content (AvgIpc) is 2.17. The molecule has 0 aliphatic rings. The van der Waals surface area contributed by atoms with Crippen molar-refractivity contribution in [2.75, 3.05) is 5.32 Å². The van der Waals surface area contributed by atoms with Gasteiger partial charge in [0.2, 0.25) is 0 Å². The number of rotatable bonds is 3. The maximum Gasteiger partial charge on any atom is 0.346 e. The maximum atomic E-state index is 11.3. The maximum absolute atomic E-state index is 11.3. The molecule has 0 bridgehead atoms. The first kappa shape index (κ1) is 15.0. The highest BCUT2D eigenvalue weighted by Gasteiger charge is 2.21. The third-order valence-electron chi connectivity index (χ3n) is 1.64. The Morgan fingerprint density at radius 3 is 2.50 bits per heavy atom. The number of urea groups is 1. The second-order valence-electron chi connectivity index (χ2n) is 2.95. The Morgan fingerprint density at radius 2 is 2.00 bits per heavy atom. The van der Waals surface area contributed by atoms with Crippen molar-refractivity contribution in [3.05, 3.63) is 33.3 Å². The molecule has 0 atom stereocenters. The van der Waals surface area contributed by atoms with Gasteiger partial charge in [0.05, 0.1) is 4.92 Å². The van der Waals surface area contributed by atoms with Crippen LogP contribution in [0, 0.1) is 10.1 Å². The molecule has 0 radical (unpaired) electrons. The monoisotopic (exact) mass is 331 g/mol. The Morgan fingerprint density at radius 1 is 1.39 bits per heavy atom. The molecule has 0 aromatic heterocycles. The Labute approximate surface area is 116 Å². The Kier molecular flexibility index (Phi) is 4.81. The fraction of sp³-hybridized carbons (Fsp3) is 0. The van der Waals surface area contributed by atoms with Crippen molar-refractivity contribution in [3.8, 4) is 0 Å². The van der Waals surface area contributed by atoms with Crippen LogP contribution >= 0.6 is 40.1 Å². The SMILES string of the molecule is O=C(Nc1ccc(Cl)cc1[N+](=O)[O-])NP(=O)(Cl)Cl. The van der Waals surface area contributed by atoms with Gasteiger partial charge in [-0.1, -0.05) is 11.6 Å². The highest BCUT2D eigenvalue weighted by molar-refractivity contribution is 8.07. The molecule has 1 rings (SSSR count). The van der Waals surface area contributed by atoms with Gasteiger partial charge in [0.15, 0.2) is 0 Å². The summed E-state index contributed by atoms with van der Waals surface area (Å²) in [6.07, 6.45) is 0. The first-order valence-electron chi connectivity index (χ1n) is 4.21. The summed E-state index contributed by atoms with van der Waals surface area (Å²) in [4.78, 5) is 21.2. The minimum atomic E-state index is -3.82. The molecule has 2 amide bonds. The predicted octanol–water partition coefficient (Wildman–Crippen LogP) is 3.96.